The molecule has 2 N–H and O–H groups in total. The van der Waals surface area contributed by atoms with Crippen LogP contribution in [0.1, 0.15) is 33.1 Å². The molecule has 2 aromatic carbocycles. The minimum Gasteiger partial charge on any atom is -0.497 e. The average molecular weight is 411 g/mol. The van der Waals surface area contributed by atoms with Crippen LogP contribution in [0.25, 0.3) is 11.3 Å². The summed E-state index contributed by atoms with van der Waals surface area (Å²) in [5, 5.41) is 3.30. The van der Waals surface area contributed by atoms with E-state index in [1.807, 2.05) is 30.3 Å². The van der Waals surface area contributed by atoms with Crippen LogP contribution in [0.4, 0.5) is 5.69 Å². The zero-order valence-electron chi connectivity index (χ0n) is 16.1. The number of esters is 1. The molecular weight excluding hydrogens is 392 g/mol. The number of hydrogen-bond acceptors (Lipinski definition) is 4. The van der Waals surface area contributed by atoms with Crippen molar-refractivity contribution in [3.63, 3.8) is 0 Å². The summed E-state index contributed by atoms with van der Waals surface area (Å²) in [5.74, 6) is -0.795. The van der Waals surface area contributed by atoms with Crippen molar-refractivity contribution in [2.75, 3.05) is 19.5 Å². The second-order valence-electron chi connectivity index (χ2n) is 6.76. The molecule has 0 spiro atoms. The van der Waals surface area contributed by atoms with Crippen molar-refractivity contribution in [2.24, 2.45) is 0 Å². The van der Waals surface area contributed by atoms with E-state index in [4.69, 9.17) is 21.1 Å². The molecule has 3 aromatic rings. The maximum atomic E-state index is 13.0. The minimum atomic E-state index is -0.705. The van der Waals surface area contributed by atoms with Crippen LogP contribution in [-0.2, 0) is 9.53 Å². The van der Waals surface area contributed by atoms with Gasteiger partial charge in [0.05, 0.1) is 42.1 Å². The number of rotatable bonds is 4. The van der Waals surface area contributed by atoms with Crippen molar-refractivity contribution in [2.45, 2.75) is 12.8 Å². The van der Waals surface area contributed by atoms with Gasteiger partial charge in [0.2, 0.25) is 5.91 Å². The van der Waals surface area contributed by atoms with Crippen LogP contribution in [0.2, 0.25) is 5.02 Å². The van der Waals surface area contributed by atoms with E-state index in [2.05, 4.69) is 10.3 Å². The number of nitrogens with one attached hydrogen (secondary N) is 2. The Hall–Kier alpha value is -3.25. The highest BCUT2D eigenvalue weighted by atomic mass is 35.5. The van der Waals surface area contributed by atoms with Crippen molar-refractivity contribution >= 4 is 29.2 Å². The number of para-hydroxylation sites is 1. The van der Waals surface area contributed by atoms with Gasteiger partial charge in [0.15, 0.2) is 0 Å². The second kappa shape index (κ2) is 7.29. The SMILES string of the molecule is COC(=O)c1c(C)[nH]c(-c2cccc(OC)c2)c1[C@@H]1C(=O)Nc2c(Cl)cccc21. The van der Waals surface area contributed by atoms with E-state index in [1.54, 1.807) is 26.2 Å². The van der Waals surface area contributed by atoms with Crippen LogP contribution < -0.4 is 10.1 Å². The van der Waals surface area contributed by atoms with Crippen LogP contribution >= 0.6 is 11.6 Å². The predicted molar refractivity (Wildman–Crippen MR) is 111 cm³/mol. The van der Waals surface area contributed by atoms with Gasteiger partial charge in [0.25, 0.3) is 0 Å². The van der Waals surface area contributed by atoms with E-state index >= 15 is 0 Å². The summed E-state index contributed by atoms with van der Waals surface area (Å²) in [5.41, 5.74) is 4.26. The monoisotopic (exact) mass is 410 g/mol. The number of H-pyrrole nitrogens is 1. The second-order valence-corrected chi connectivity index (χ2v) is 7.17. The third-order valence-electron chi connectivity index (χ3n) is 5.13. The lowest BCUT2D eigenvalue weighted by atomic mass is 9.87. The normalized spacial score (nSPS) is 15.0. The van der Waals surface area contributed by atoms with Gasteiger partial charge >= 0.3 is 5.97 Å². The van der Waals surface area contributed by atoms with Crippen LogP contribution in [0.15, 0.2) is 42.5 Å². The Morgan fingerprint density at radius 2 is 1.90 bits per heavy atom. The number of halogens is 1. The molecule has 0 fully saturated rings. The van der Waals surface area contributed by atoms with E-state index in [0.29, 0.717) is 39.0 Å². The van der Waals surface area contributed by atoms with Gasteiger partial charge in [0.1, 0.15) is 5.75 Å². The minimum absolute atomic E-state index is 0.249. The summed E-state index contributed by atoms with van der Waals surface area (Å²) in [6.07, 6.45) is 0. The van der Waals surface area contributed by atoms with Gasteiger partial charge in [-0.2, -0.15) is 0 Å². The summed E-state index contributed by atoms with van der Waals surface area (Å²) in [7, 11) is 2.91. The van der Waals surface area contributed by atoms with E-state index < -0.39 is 11.9 Å². The summed E-state index contributed by atoms with van der Waals surface area (Å²) in [4.78, 5) is 28.9. The number of fused-ring (bicyclic) bond motifs is 1. The van der Waals surface area contributed by atoms with Gasteiger partial charge in [-0.15, -0.1) is 0 Å². The van der Waals surface area contributed by atoms with Crippen molar-refractivity contribution in [1.29, 1.82) is 0 Å². The topological polar surface area (TPSA) is 80.4 Å². The fraction of sp³-hybridized carbons (Fsp3) is 0.182. The lowest BCUT2D eigenvalue weighted by molar-refractivity contribution is -0.116. The Morgan fingerprint density at radius 1 is 1.14 bits per heavy atom. The molecule has 0 saturated heterocycles. The number of carbonyl (C=O) groups is 2. The Balaban J connectivity index is 2.01. The first-order chi connectivity index (χ1) is 14.0. The smallest absolute Gasteiger partial charge is 0.340 e. The maximum absolute atomic E-state index is 13.0. The average Bonchev–Trinajstić information content (AvgIpc) is 3.24. The molecule has 0 radical (unpaired) electrons. The quantitative estimate of drug-likeness (QED) is 0.619. The summed E-state index contributed by atoms with van der Waals surface area (Å²) < 4.78 is 10.4. The Labute approximate surface area is 172 Å². The van der Waals surface area contributed by atoms with Crippen molar-refractivity contribution in [3.8, 4) is 17.0 Å². The number of carbonyl (C=O) groups excluding carboxylic acids is 2. The molecule has 1 amide bonds. The molecule has 0 saturated carbocycles. The molecule has 1 aliphatic heterocycles. The molecule has 1 aliphatic rings. The molecule has 0 unspecified atom stereocenters. The third-order valence-corrected chi connectivity index (χ3v) is 5.44. The maximum Gasteiger partial charge on any atom is 0.340 e. The van der Waals surface area contributed by atoms with E-state index in [-0.39, 0.29) is 5.91 Å². The summed E-state index contributed by atoms with van der Waals surface area (Å²) in [6.45, 7) is 1.78. The number of amides is 1. The molecular formula is C22H19ClN2O4. The summed E-state index contributed by atoms with van der Waals surface area (Å²) >= 11 is 6.29. The number of anilines is 1. The number of hydrogen-bond donors (Lipinski definition) is 2. The zero-order chi connectivity index (χ0) is 20.7. The van der Waals surface area contributed by atoms with Crippen LogP contribution in [0, 0.1) is 6.92 Å². The number of benzene rings is 2. The Morgan fingerprint density at radius 3 is 2.62 bits per heavy atom. The standard InChI is InChI=1S/C22H19ClN2O4/c1-11-16(22(27)29-3)18(19(24-11)12-6-4-7-13(10-12)28-2)17-14-8-5-9-15(23)20(14)25-21(17)26/h4-10,17,24H,1-3H3,(H,25,26)/t17-/m1/s1. The highest BCUT2D eigenvalue weighted by molar-refractivity contribution is 6.34. The van der Waals surface area contributed by atoms with Crippen LogP contribution in [0.3, 0.4) is 0 Å². The van der Waals surface area contributed by atoms with Gasteiger partial charge < -0.3 is 19.8 Å². The zero-order valence-corrected chi connectivity index (χ0v) is 16.9. The molecule has 1 aromatic heterocycles. The van der Waals surface area contributed by atoms with Gasteiger partial charge in [0, 0.05) is 16.8 Å². The Bertz CT molecular complexity index is 1140. The first-order valence-electron chi connectivity index (χ1n) is 9.00. The number of aromatic nitrogens is 1. The van der Waals surface area contributed by atoms with Crippen LogP contribution in [-0.4, -0.2) is 31.1 Å². The van der Waals surface area contributed by atoms with Gasteiger partial charge in [-0.3, -0.25) is 4.79 Å². The van der Waals surface area contributed by atoms with E-state index in [0.717, 1.165) is 11.1 Å². The molecule has 0 aliphatic carbocycles. The molecule has 7 heteroatoms. The molecule has 4 rings (SSSR count). The fourth-order valence-corrected chi connectivity index (χ4v) is 4.07. The van der Waals surface area contributed by atoms with Crippen LogP contribution in [0.5, 0.6) is 5.75 Å². The first kappa shape index (κ1) is 19.1. The molecule has 1 atom stereocenters. The lowest BCUT2D eigenvalue weighted by Gasteiger charge is -2.14. The van der Waals surface area contributed by atoms with Crippen molar-refractivity contribution in [1.82, 2.24) is 4.98 Å². The van der Waals surface area contributed by atoms with Gasteiger partial charge in [-0.05, 0) is 30.7 Å². The number of aryl methyl sites for hydroxylation is 1. The number of aromatic amines is 1. The molecule has 2 heterocycles. The molecule has 29 heavy (non-hydrogen) atoms. The molecule has 0 bridgehead atoms. The first-order valence-corrected chi connectivity index (χ1v) is 9.38. The van der Waals surface area contributed by atoms with Gasteiger partial charge in [-0.1, -0.05) is 35.9 Å². The van der Waals surface area contributed by atoms with E-state index in [1.165, 1.54) is 7.11 Å². The Kier molecular flexibility index (Phi) is 4.80. The summed E-state index contributed by atoms with van der Waals surface area (Å²) in [6, 6.07) is 12.8. The molecule has 6 nitrogen and oxygen atoms in total. The lowest BCUT2D eigenvalue weighted by Crippen LogP contribution is -2.17. The third kappa shape index (κ3) is 3.06. The van der Waals surface area contributed by atoms with E-state index in [9.17, 15) is 9.59 Å². The molecule has 148 valence electrons. The fourth-order valence-electron chi connectivity index (χ4n) is 3.84. The van der Waals surface area contributed by atoms with Crippen molar-refractivity contribution in [3.05, 3.63) is 69.9 Å². The predicted octanol–water partition coefficient (Wildman–Crippen LogP) is 4.52. The largest absolute Gasteiger partial charge is 0.497 e. The number of ether oxygens (including phenoxy) is 2. The van der Waals surface area contributed by atoms with Crippen molar-refractivity contribution < 1.29 is 19.1 Å². The van der Waals surface area contributed by atoms with Gasteiger partial charge in [-0.25, -0.2) is 4.79 Å². The highest BCUT2D eigenvalue weighted by Gasteiger charge is 2.39. The number of methoxy groups -OCH3 is 2. The highest BCUT2D eigenvalue weighted by Crippen LogP contribution is 2.46.